The van der Waals surface area contributed by atoms with Crippen LogP contribution in [-0.4, -0.2) is 22.3 Å². The number of halogens is 1. The molecule has 0 aliphatic rings. The minimum Gasteiger partial charge on any atom is -0.423 e. The molecule has 0 atom stereocenters. The van der Waals surface area contributed by atoms with Gasteiger partial charge in [-0.05, 0) is 29.6 Å². The number of aryl methyl sites for hydroxylation is 1. The molecule has 0 saturated carbocycles. The van der Waals surface area contributed by atoms with Crippen molar-refractivity contribution in [1.82, 2.24) is 0 Å². The summed E-state index contributed by atoms with van der Waals surface area (Å²) in [5, 5.41) is 26.5. The first-order chi connectivity index (χ1) is 6.06. The van der Waals surface area contributed by atoms with Crippen LogP contribution in [0.1, 0.15) is 11.1 Å². The van der Waals surface area contributed by atoms with Crippen molar-refractivity contribution in [3.05, 3.63) is 29.1 Å². The second-order valence-corrected chi connectivity index (χ2v) is 2.83. The number of aliphatic hydroxyl groups is 1. The Morgan fingerprint density at radius 2 is 2.00 bits per heavy atom. The molecular formula is C8H10BFO3. The van der Waals surface area contributed by atoms with Crippen molar-refractivity contribution >= 4 is 12.6 Å². The van der Waals surface area contributed by atoms with E-state index in [1.807, 2.05) is 0 Å². The van der Waals surface area contributed by atoms with E-state index in [4.69, 9.17) is 15.2 Å². The molecule has 13 heavy (non-hydrogen) atoms. The molecule has 0 aromatic heterocycles. The van der Waals surface area contributed by atoms with Crippen LogP contribution < -0.4 is 5.46 Å². The molecule has 1 rings (SSSR count). The first kappa shape index (κ1) is 10.2. The molecule has 0 heterocycles. The van der Waals surface area contributed by atoms with Crippen LogP contribution in [0.5, 0.6) is 0 Å². The van der Waals surface area contributed by atoms with Crippen molar-refractivity contribution in [3.63, 3.8) is 0 Å². The van der Waals surface area contributed by atoms with Gasteiger partial charge in [0, 0.05) is 0 Å². The average molecular weight is 184 g/mol. The van der Waals surface area contributed by atoms with E-state index in [-0.39, 0.29) is 12.1 Å². The van der Waals surface area contributed by atoms with Gasteiger partial charge in [-0.25, -0.2) is 4.39 Å². The molecule has 0 bridgehead atoms. The fourth-order valence-corrected chi connectivity index (χ4v) is 1.13. The van der Waals surface area contributed by atoms with Crippen molar-refractivity contribution < 1.29 is 19.5 Å². The van der Waals surface area contributed by atoms with Crippen LogP contribution in [-0.2, 0) is 6.61 Å². The summed E-state index contributed by atoms with van der Waals surface area (Å²) < 4.78 is 13.0. The highest BCUT2D eigenvalue weighted by Gasteiger charge is 2.17. The molecule has 0 spiro atoms. The third kappa shape index (κ3) is 2.06. The SMILES string of the molecule is Cc1cc(CO)c(B(O)O)cc1F. The van der Waals surface area contributed by atoms with E-state index in [9.17, 15) is 4.39 Å². The van der Waals surface area contributed by atoms with Crippen LogP contribution in [0.2, 0.25) is 0 Å². The van der Waals surface area contributed by atoms with Gasteiger partial charge in [-0.15, -0.1) is 0 Å². The maximum absolute atomic E-state index is 13.0. The first-order valence-corrected chi connectivity index (χ1v) is 3.82. The third-order valence-electron chi connectivity index (χ3n) is 1.87. The van der Waals surface area contributed by atoms with Gasteiger partial charge in [0.1, 0.15) is 5.82 Å². The molecule has 70 valence electrons. The van der Waals surface area contributed by atoms with Crippen molar-refractivity contribution in [3.8, 4) is 0 Å². The van der Waals surface area contributed by atoms with Gasteiger partial charge in [0.25, 0.3) is 0 Å². The highest BCUT2D eigenvalue weighted by atomic mass is 19.1. The van der Waals surface area contributed by atoms with Gasteiger partial charge in [-0.1, -0.05) is 6.07 Å². The molecule has 0 fully saturated rings. The van der Waals surface area contributed by atoms with Crippen LogP contribution in [0.25, 0.3) is 0 Å². The van der Waals surface area contributed by atoms with Crippen molar-refractivity contribution in [2.75, 3.05) is 0 Å². The quantitative estimate of drug-likeness (QED) is 0.533. The van der Waals surface area contributed by atoms with Crippen LogP contribution in [0, 0.1) is 12.7 Å². The van der Waals surface area contributed by atoms with Gasteiger partial charge < -0.3 is 15.2 Å². The summed E-state index contributed by atoms with van der Waals surface area (Å²) in [6.45, 7) is 1.20. The fourth-order valence-electron chi connectivity index (χ4n) is 1.13. The Hall–Kier alpha value is -0.905. The van der Waals surface area contributed by atoms with Gasteiger partial charge in [0.2, 0.25) is 0 Å². The van der Waals surface area contributed by atoms with E-state index in [0.717, 1.165) is 6.07 Å². The van der Waals surface area contributed by atoms with E-state index >= 15 is 0 Å². The zero-order chi connectivity index (χ0) is 10.0. The Balaban J connectivity index is 3.25. The fraction of sp³-hybridized carbons (Fsp3) is 0.250. The third-order valence-corrected chi connectivity index (χ3v) is 1.87. The Morgan fingerprint density at radius 3 is 2.46 bits per heavy atom. The van der Waals surface area contributed by atoms with E-state index in [0.29, 0.717) is 11.1 Å². The number of hydrogen-bond acceptors (Lipinski definition) is 3. The molecule has 3 nitrogen and oxygen atoms in total. The summed E-state index contributed by atoms with van der Waals surface area (Å²) in [5.41, 5.74) is 0.702. The molecule has 0 radical (unpaired) electrons. The molecule has 0 saturated heterocycles. The van der Waals surface area contributed by atoms with Gasteiger partial charge in [0.05, 0.1) is 6.61 Å². The Kier molecular flexibility index (Phi) is 3.03. The van der Waals surface area contributed by atoms with Crippen molar-refractivity contribution in [2.45, 2.75) is 13.5 Å². The van der Waals surface area contributed by atoms with Crippen LogP contribution in [0.3, 0.4) is 0 Å². The zero-order valence-electron chi connectivity index (χ0n) is 7.16. The van der Waals surface area contributed by atoms with Crippen molar-refractivity contribution in [2.24, 2.45) is 0 Å². The lowest BCUT2D eigenvalue weighted by atomic mass is 9.76. The molecule has 5 heteroatoms. The molecule has 3 N–H and O–H groups in total. The van der Waals surface area contributed by atoms with Crippen LogP contribution in [0.4, 0.5) is 4.39 Å². The summed E-state index contributed by atoms with van der Waals surface area (Å²) in [7, 11) is -1.75. The largest absolute Gasteiger partial charge is 0.488 e. The summed E-state index contributed by atoms with van der Waals surface area (Å²) in [6.07, 6.45) is 0. The van der Waals surface area contributed by atoms with E-state index in [1.54, 1.807) is 6.92 Å². The summed E-state index contributed by atoms with van der Waals surface area (Å²) in [6, 6.07) is 2.41. The van der Waals surface area contributed by atoms with Gasteiger partial charge in [-0.2, -0.15) is 0 Å². The van der Waals surface area contributed by atoms with Crippen LogP contribution >= 0.6 is 0 Å². The van der Waals surface area contributed by atoms with Crippen LogP contribution in [0.15, 0.2) is 12.1 Å². The Labute approximate surface area is 75.6 Å². The lowest BCUT2D eigenvalue weighted by Gasteiger charge is -2.08. The number of benzene rings is 1. The molecule has 1 aromatic rings. The summed E-state index contributed by atoms with van der Waals surface area (Å²) >= 11 is 0. The topological polar surface area (TPSA) is 60.7 Å². The summed E-state index contributed by atoms with van der Waals surface area (Å²) in [4.78, 5) is 0. The Morgan fingerprint density at radius 1 is 1.38 bits per heavy atom. The minimum absolute atomic E-state index is 0.00519. The van der Waals surface area contributed by atoms with Gasteiger partial charge in [-0.3, -0.25) is 0 Å². The smallest absolute Gasteiger partial charge is 0.423 e. The first-order valence-electron chi connectivity index (χ1n) is 3.82. The van der Waals surface area contributed by atoms with Crippen molar-refractivity contribution in [1.29, 1.82) is 0 Å². The monoisotopic (exact) mass is 184 g/mol. The minimum atomic E-state index is -1.75. The van der Waals surface area contributed by atoms with E-state index in [1.165, 1.54) is 6.07 Å². The van der Waals surface area contributed by atoms with E-state index < -0.39 is 12.9 Å². The second-order valence-electron chi connectivity index (χ2n) is 2.83. The summed E-state index contributed by atoms with van der Waals surface area (Å²) in [5.74, 6) is -0.514. The Bertz CT molecular complexity index is 315. The number of hydrogen-bond donors (Lipinski definition) is 3. The number of rotatable bonds is 2. The predicted octanol–water partition coefficient (Wildman–Crippen LogP) is -0.694. The van der Waals surface area contributed by atoms with Gasteiger partial charge >= 0.3 is 7.12 Å². The average Bonchev–Trinajstić information content (AvgIpc) is 2.08. The molecule has 0 unspecified atom stereocenters. The lowest BCUT2D eigenvalue weighted by molar-refractivity contribution is 0.282. The maximum atomic E-state index is 13.0. The zero-order valence-corrected chi connectivity index (χ0v) is 7.16. The predicted molar refractivity (Wildman–Crippen MR) is 46.9 cm³/mol. The molecule has 1 aromatic carbocycles. The number of aliphatic hydroxyl groups excluding tert-OH is 1. The molecule has 0 amide bonds. The standard InChI is InChI=1S/C8H10BFO3/c1-5-2-6(4-11)7(9(12)13)3-8(5)10/h2-3,11-13H,4H2,1H3. The lowest BCUT2D eigenvalue weighted by Crippen LogP contribution is -2.33. The van der Waals surface area contributed by atoms with E-state index in [2.05, 4.69) is 0 Å². The normalized spacial score (nSPS) is 10.2. The second kappa shape index (κ2) is 3.87. The highest BCUT2D eigenvalue weighted by molar-refractivity contribution is 6.59. The van der Waals surface area contributed by atoms with Gasteiger partial charge in [0.15, 0.2) is 0 Å². The molecule has 0 aliphatic carbocycles. The molecule has 0 aliphatic heterocycles. The maximum Gasteiger partial charge on any atom is 0.488 e. The highest BCUT2D eigenvalue weighted by Crippen LogP contribution is 2.07. The molecular weight excluding hydrogens is 174 g/mol.